The van der Waals surface area contributed by atoms with Gasteiger partial charge in [0.1, 0.15) is 6.33 Å². The topological polar surface area (TPSA) is 50.9 Å². The number of aliphatic hydroxyl groups is 1. The molecule has 4 nitrogen and oxygen atoms in total. The van der Waals surface area contributed by atoms with Crippen molar-refractivity contribution in [1.82, 2.24) is 14.8 Å². The molecular formula is C10H17N3OS. The average molecular weight is 227 g/mol. The van der Waals surface area contributed by atoms with Crippen molar-refractivity contribution in [3.8, 4) is 0 Å². The van der Waals surface area contributed by atoms with Crippen molar-refractivity contribution in [2.75, 3.05) is 5.75 Å². The lowest BCUT2D eigenvalue weighted by Crippen LogP contribution is -2.34. The third kappa shape index (κ3) is 2.72. The molecule has 0 radical (unpaired) electrons. The van der Waals surface area contributed by atoms with Crippen molar-refractivity contribution in [2.24, 2.45) is 7.05 Å². The molecular weight excluding hydrogens is 210 g/mol. The van der Waals surface area contributed by atoms with Gasteiger partial charge < -0.3 is 5.11 Å². The summed E-state index contributed by atoms with van der Waals surface area (Å²) in [7, 11) is 1.88. The van der Waals surface area contributed by atoms with E-state index in [-0.39, 0.29) is 0 Å². The molecule has 0 amide bonds. The molecule has 1 N–H and O–H groups in total. The second-order valence-corrected chi connectivity index (χ2v) is 5.18. The van der Waals surface area contributed by atoms with Crippen LogP contribution in [0.4, 0.5) is 0 Å². The molecule has 0 atom stereocenters. The van der Waals surface area contributed by atoms with Gasteiger partial charge in [-0.15, -0.1) is 0 Å². The van der Waals surface area contributed by atoms with Crippen LogP contribution in [0.3, 0.4) is 0 Å². The van der Waals surface area contributed by atoms with Crippen LogP contribution in [0.2, 0.25) is 0 Å². The Morgan fingerprint density at radius 3 is 2.80 bits per heavy atom. The van der Waals surface area contributed by atoms with E-state index < -0.39 is 5.60 Å². The van der Waals surface area contributed by atoms with Gasteiger partial charge in [0.25, 0.3) is 0 Å². The summed E-state index contributed by atoms with van der Waals surface area (Å²) >= 11 is 1.60. The van der Waals surface area contributed by atoms with Crippen LogP contribution in [-0.4, -0.2) is 31.2 Å². The lowest BCUT2D eigenvalue weighted by Gasteiger charge is -2.31. The van der Waals surface area contributed by atoms with Crippen LogP contribution < -0.4 is 0 Å². The average Bonchev–Trinajstić information content (AvgIpc) is 2.62. The molecule has 84 valence electrons. The molecule has 1 aromatic heterocycles. The maximum atomic E-state index is 10.3. The predicted octanol–water partition coefficient (Wildman–Crippen LogP) is 1.60. The number of aryl methyl sites for hydroxylation is 1. The molecule has 0 spiro atoms. The molecule has 0 aliphatic heterocycles. The molecule has 0 unspecified atom stereocenters. The van der Waals surface area contributed by atoms with Gasteiger partial charge in [-0.3, -0.25) is 0 Å². The Kier molecular flexibility index (Phi) is 3.31. The summed E-state index contributed by atoms with van der Waals surface area (Å²) < 4.78 is 1.75. The molecule has 0 saturated heterocycles. The third-order valence-corrected chi connectivity index (χ3v) is 4.23. The van der Waals surface area contributed by atoms with Gasteiger partial charge in [-0.1, -0.05) is 31.0 Å². The van der Waals surface area contributed by atoms with Gasteiger partial charge in [-0.25, -0.2) is 9.67 Å². The monoisotopic (exact) mass is 227 g/mol. The highest BCUT2D eigenvalue weighted by atomic mass is 32.2. The van der Waals surface area contributed by atoms with Gasteiger partial charge >= 0.3 is 0 Å². The van der Waals surface area contributed by atoms with Crippen molar-refractivity contribution in [1.29, 1.82) is 0 Å². The first-order valence-corrected chi connectivity index (χ1v) is 6.37. The number of thioether (sulfide) groups is 1. The lowest BCUT2D eigenvalue weighted by atomic mass is 9.86. The van der Waals surface area contributed by atoms with E-state index in [1.165, 1.54) is 6.42 Å². The Hall–Kier alpha value is -0.550. The molecule has 1 heterocycles. The first-order chi connectivity index (χ1) is 7.20. The molecule has 2 rings (SSSR count). The fraction of sp³-hybridized carbons (Fsp3) is 0.800. The van der Waals surface area contributed by atoms with E-state index in [0.717, 1.165) is 36.6 Å². The number of hydrogen-bond donors (Lipinski definition) is 1. The second-order valence-electron chi connectivity index (χ2n) is 4.24. The predicted molar refractivity (Wildman–Crippen MR) is 59.8 cm³/mol. The van der Waals surface area contributed by atoms with Crippen molar-refractivity contribution >= 4 is 11.8 Å². The Balaban J connectivity index is 1.89. The van der Waals surface area contributed by atoms with Crippen LogP contribution in [-0.2, 0) is 7.05 Å². The summed E-state index contributed by atoms with van der Waals surface area (Å²) in [6.07, 6.45) is 6.96. The second kappa shape index (κ2) is 4.53. The number of rotatable bonds is 3. The highest BCUT2D eigenvalue weighted by Crippen LogP contribution is 2.32. The maximum absolute atomic E-state index is 10.3. The summed E-state index contributed by atoms with van der Waals surface area (Å²) in [4.78, 5) is 4.13. The molecule has 0 bridgehead atoms. The Morgan fingerprint density at radius 1 is 1.47 bits per heavy atom. The normalized spacial score (nSPS) is 20.4. The zero-order valence-electron chi connectivity index (χ0n) is 9.02. The summed E-state index contributed by atoms with van der Waals surface area (Å²) in [5.41, 5.74) is -0.477. The van der Waals surface area contributed by atoms with E-state index in [4.69, 9.17) is 0 Å². The highest BCUT2D eigenvalue weighted by molar-refractivity contribution is 7.99. The van der Waals surface area contributed by atoms with Crippen LogP contribution in [0, 0.1) is 0 Å². The molecule has 1 aliphatic carbocycles. The van der Waals surface area contributed by atoms with Gasteiger partial charge in [0.05, 0.1) is 5.60 Å². The van der Waals surface area contributed by atoms with E-state index in [2.05, 4.69) is 10.1 Å². The van der Waals surface area contributed by atoms with Crippen LogP contribution in [0.25, 0.3) is 0 Å². The van der Waals surface area contributed by atoms with Crippen LogP contribution in [0.15, 0.2) is 11.5 Å². The third-order valence-electron chi connectivity index (χ3n) is 2.92. The minimum Gasteiger partial charge on any atom is -0.389 e. The van der Waals surface area contributed by atoms with E-state index in [1.54, 1.807) is 22.8 Å². The van der Waals surface area contributed by atoms with E-state index in [9.17, 15) is 5.11 Å². The van der Waals surface area contributed by atoms with E-state index in [1.807, 2.05) is 7.05 Å². The molecule has 5 heteroatoms. The van der Waals surface area contributed by atoms with Crippen LogP contribution >= 0.6 is 11.8 Å². The van der Waals surface area contributed by atoms with Gasteiger partial charge in [-0.05, 0) is 12.8 Å². The number of nitrogens with zero attached hydrogens (tertiary/aromatic N) is 3. The molecule has 1 aliphatic rings. The highest BCUT2D eigenvalue weighted by Gasteiger charge is 2.29. The quantitative estimate of drug-likeness (QED) is 0.797. The molecule has 15 heavy (non-hydrogen) atoms. The Labute approximate surface area is 94.1 Å². The summed E-state index contributed by atoms with van der Waals surface area (Å²) in [6.45, 7) is 0. The molecule has 1 saturated carbocycles. The van der Waals surface area contributed by atoms with Gasteiger partial charge in [0.15, 0.2) is 5.16 Å². The summed E-state index contributed by atoms with van der Waals surface area (Å²) in [5, 5.41) is 15.2. The zero-order valence-corrected chi connectivity index (χ0v) is 9.83. The van der Waals surface area contributed by atoms with E-state index >= 15 is 0 Å². The van der Waals surface area contributed by atoms with Gasteiger partial charge in [0.2, 0.25) is 0 Å². The maximum Gasteiger partial charge on any atom is 0.185 e. The summed E-state index contributed by atoms with van der Waals surface area (Å²) in [5.74, 6) is 0.736. The Bertz CT molecular complexity index is 320. The Morgan fingerprint density at radius 2 is 2.20 bits per heavy atom. The molecule has 1 aromatic rings. The largest absolute Gasteiger partial charge is 0.389 e. The first-order valence-electron chi connectivity index (χ1n) is 5.39. The summed E-state index contributed by atoms with van der Waals surface area (Å²) in [6, 6.07) is 0. The first kappa shape index (κ1) is 11.0. The standard InChI is InChI=1S/C10H17N3OS/c1-13-9(11-8-12-13)15-7-10(14)5-3-2-4-6-10/h8,14H,2-7H2,1H3. The molecule has 0 aromatic carbocycles. The minimum atomic E-state index is -0.477. The van der Waals surface area contributed by atoms with Crippen LogP contribution in [0.5, 0.6) is 0 Å². The van der Waals surface area contributed by atoms with Crippen molar-refractivity contribution in [2.45, 2.75) is 42.9 Å². The van der Waals surface area contributed by atoms with Gasteiger partial charge in [0, 0.05) is 12.8 Å². The van der Waals surface area contributed by atoms with Crippen molar-refractivity contribution < 1.29 is 5.11 Å². The van der Waals surface area contributed by atoms with Gasteiger partial charge in [-0.2, -0.15) is 5.10 Å². The number of hydrogen-bond acceptors (Lipinski definition) is 4. The lowest BCUT2D eigenvalue weighted by molar-refractivity contribution is 0.0272. The minimum absolute atomic E-state index is 0.477. The van der Waals surface area contributed by atoms with Crippen molar-refractivity contribution in [3.05, 3.63) is 6.33 Å². The van der Waals surface area contributed by atoms with E-state index in [0.29, 0.717) is 0 Å². The SMILES string of the molecule is Cn1ncnc1SCC1(O)CCCCC1. The fourth-order valence-electron chi connectivity index (χ4n) is 1.97. The zero-order chi connectivity index (χ0) is 10.7. The fourth-order valence-corrected chi connectivity index (χ4v) is 3.01. The molecule has 1 fully saturated rings. The van der Waals surface area contributed by atoms with Crippen LogP contribution in [0.1, 0.15) is 32.1 Å². The smallest absolute Gasteiger partial charge is 0.185 e. The number of aromatic nitrogens is 3. The van der Waals surface area contributed by atoms with Crippen molar-refractivity contribution in [3.63, 3.8) is 0 Å².